The predicted molar refractivity (Wildman–Crippen MR) is 75.1 cm³/mol. The van der Waals surface area contributed by atoms with Crippen LogP contribution in [0.5, 0.6) is 0 Å². The molecule has 2 heterocycles. The number of hydrogen-bond acceptors (Lipinski definition) is 4. The second-order valence-corrected chi connectivity index (χ2v) is 5.67. The maximum atomic E-state index is 5.23. The molecule has 0 bridgehead atoms. The predicted octanol–water partition coefficient (Wildman–Crippen LogP) is 2.05. The Balaban J connectivity index is 2.06. The molecule has 2 rings (SSSR count). The van der Waals surface area contributed by atoms with Crippen molar-refractivity contribution in [2.45, 2.75) is 26.8 Å². The number of nitrogens with zero attached hydrogens (tertiary/aromatic N) is 3. The first-order valence-corrected chi connectivity index (χ1v) is 6.54. The summed E-state index contributed by atoms with van der Waals surface area (Å²) in [6.45, 7) is 8.13. The van der Waals surface area contributed by atoms with E-state index < -0.39 is 0 Å². The van der Waals surface area contributed by atoms with Gasteiger partial charge in [-0.05, 0) is 13.0 Å². The SMILES string of the molecule is COCC(C)(C)CNC(C)c1cnc2ncccn12. The van der Waals surface area contributed by atoms with Gasteiger partial charge in [0.15, 0.2) is 0 Å². The number of imidazole rings is 1. The molecule has 2 aromatic heterocycles. The third-order valence-electron chi connectivity index (χ3n) is 3.18. The molecule has 0 aliphatic carbocycles. The molecule has 1 atom stereocenters. The van der Waals surface area contributed by atoms with E-state index in [0.717, 1.165) is 24.6 Å². The van der Waals surface area contributed by atoms with Crippen molar-refractivity contribution in [3.05, 3.63) is 30.4 Å². The summed E-state index contributed by atoms with van der Waals surface area (Å²) < 4.78 is 7.25. The van der Waals surface area contributed by atoms with Gasteiger partial charge in [0.25, 0.3) is 0 Å². The van der Waals surface area contributed by atoms with Crippen molar-refractivity contribution in [3.63, 3.8) is 0 Å². The Hall–Kier alpha value is -1.46. The highest BCUT2D eigenvalue weighted by molar-refractivity contribution is 5.31. The van der Waals surface area contributed by atoms with Crippen LogP contribution >= 0.6 is 0 Å². The smallest absolute Gasteiger partial charge is 0.233 e. The number of nitrogens with one attached hydrogen (secondary N) is 1. The van der Waals surface area contributed by atoms with E-state index in [1.165, 1.54) is 0 Å². The lowest BCUT2D eigenvalue weighted by molar-refractivity contribution is 0.102. The van der Waals surface area contributed by atoms with Gasteiger partial charge in [-0.15, -0.1) is 0 Å². The van der Waals surface area contributed by atoms with Crippen LogP contribution in [-0.2, 0) is 4.74 Å². The molecule has 5 nitrogen and oxygen atoms in total. The highest BCUT2D eigenvalue weighted by atomic mass is 16.5. The minimum Gasteiger partial charge on any atom is -0.384 e. The van der Waals surface area contributed by atoms with Gasteiger partial charge < -0.3 is 10.1 Å². The summed E-state index contributed by atoms with van der Waals surface area (Å²) in [5.74, 6) is 0.738. The van der Waals surface area contributed by atoms with Crippen LogP contribution in [0.1, 0.15) is 32.5 Å². The van der Waals surface area contributed by atoms with Crippen LogP contribution in [-0.4, -0.2) is 34.6 Å². The first kappa shape index (κ1) is 14.0. The van der Waals surface area contributed by atoms with Gasteiger partial charge in [-0.1, -0.05) is 13.8 Å². The van der Waals surface area contributed by atoms with Crippen molar-refractivity contribution < 1.29 is 4.74 Å². The molecule has 0 aliphatic heterocycles. The Kier molecular flexibility index (Phi) is 4.17. The van der Waals surface area contributed by atoms with Crippen molar-refractivity contribution in [3.8, 4) is 0 Å². The fourth-order valence-electron chi connectivity index (χ4n) is 2.14. The first-order chi connectivity index (χ1) is 9.03. The van der Waals surface area contributed by atoms with Crippen molar-refractivity contribution in [2.24, 2.45) is 5.41 Å². The van der Waals surface area contributed by atoms with E-state index in [0.29, 0.717) is 0 Å². The molecule has 19 heavy (non-hydrogen) atoms. The fraction of sp³-hybridized carbons (Fsp3) is 0.571. The molecule has 5 heteroatoms. The molecule has 1 unspecified atom stereocenters. The zero-order valence-corrected chi connectivity index (χ0v) is 12.1. The van der Waals surface area contributed by atoms with Crippen LogP contribution < -0.4 is 5.32 Å². The number of fused-ring (bicyclic) bond motifs is 1. The Bertz CT molecular complexity index is 535. The van der Waals surface area contributed by atoms with Gasteiger partial charge in [0.1, 0.15) is 0 Å². The molecule has 0 radical (unpaired) electrons. The van der Waals surface area contributed by atoms with Gasteiger partial charge in [-0.25, -0.2) is 9.97 Å². The average Bonchev–Trinajstić information content (AvgIpc) is 2.80. The van der Waals surface area contributed by atoms with Crippen molar-refractivity contribution >= 4 is 5.78 Å². The lowest BCUT2D eigenvalue weighted by Gasteiger charge is -2.26. The van der Waals surface area contributed by atoms with Crippen LogP contribution in [0.25, 0.3) is 5.78 Å². The van der Waals surface area contributed by atoms with Crippen LogP contribution in [0.4, 0.5) is 0 Å². The van der Waals surface area contributed by atoms with E-state index in [4.69, 9.17) is 4.74 Å². The Morgan fingerprint density at radius 1 is 1.42 bits per heavy atom. The van der Waals surface area contributed by atoms with Gasteiger partial charge in [0.05, 0.1) is 18.5 Å². The van der Waals surface area contributed by atoms with Crippen LogP contribution in [0.3, 0.4) is 0 Å². The van der Waals surface area contributed by atoms with E-state index in [2.05, 4.69) is 36.1 Å². The minimum absolute atomic E-state index is 0.113. The molecule has 0 amide bonds. The molecule has 0 aliphatic rings. The normalized spacial score (nSPS) is 13.9. The second-order valence-electron chi connectivity index (χ2n) is 5.67. The largest absolute Gasteiger partial charge is 0.384 e. The molecular formula is C14H22N4O. The van der Waals surface area contributed by atoms with E-state index in [9.17, 15) is 0 Å². The summed E-state index contributed by atoms with van der Waals surface area (Å²) in [4.78, 5) is 8.53. The fourth-order valence-corrected chi connectivity index (χ4v) is 2.14. The lowest BCUT2D eigenvalue weighted by atomic mass is 9.94. The van der Waals surface area contributed by atoms with E-state index in [1.54, 1.807) is 13.3 Å². The summed E-state index contributed by atoms with van der Waals surface area (Å²) in [6.07, 6.45) is 5.62. The standard InChI is InChI=1S/C14H22N4O/c1-11(17-9-14(2,3)10-19-4)12-8-16-13-15-6-5-7-18(12)13/h5-8,11,17H,9-10H2,1-4H3. The molecule has 0 fully saturated rings. The van der Waals surface area contributed by atoms with Crippen LogP contribution in [0.15, 0.2) is 24.7 Å². The highest BCUT2D eigenvalue weighted by Gasteiger charge is 2.20. The molecule has 0 aromatic carbocycles. The lowest BCUT2D eigenvalue weighted by Crippen LogP contribution is -2.34. The van der Waals surface area contributed by atoms with E-state index in [1.807, 2.05) is 22.9 Å². The zero-order chi connectivity index (χ0) is 13.9. The van der Waals surface area contributed by atoms with Crippen LogP contribution in [0, 0.1) is 5.41 Å². The number of rotatable bonds is 6. The number of hydrogen-bond donors (Lipinski definition) is 1. The minimum atomic E-state index is 0.113. The number of aromatic nitrogens is 3. The highest BCUT2D eigenvalue weighted by Crippen LogP contribution is 2.18. The maximum Gasteiger partial charge on any atom is 0.233 e. The topological polar surface area (TPSA) is 51.5 Å². The second kappa shape index (κ2) is 5.67. The molecule has 104 valence electrons. The average molecular weight is 262 g/mol. The molecule has 0 saturated heterocycles. The number of methoxy groups -OCH3 is 1. The Morgan fingerprint density at radius 3 is 2.95 bits per heavy atom. The number of ether oxygens (including phenoxy) is 1. The van der Waals surface area contributed by atoms with E-state index in [-0.39, 0.29) is 11.5 Å². The maximum absolute atomic E-state index is 5.23. The first-order valence-electron chi connectivity index (χ1n) is 6.54. The Morgan fingerprint density at radius 2 is 2.21 bits per heavy atom. The van der Waals surface area contributed by atoms with Crippen LogP contribution in [0.2, 0.25) is 0 Å². The summed E-state index contributed by atoms with van der Waals surface area (Å²) in [5.41, 5.74) is 1.23. The monoisotopic (exact) mass is 262 g/mol. The third kappa shape index (κ3) is 3.30. The molecule has 0 spiro atoms. The molecule has 0 saturated carbocycles. The molecule has 1 N–H and O–H groups in total. The van der Waals surface area contributed by atoms with Gasteiger partial charge >= 0.3 is 0 Å². The van der Waals surface area contributed by atoms with Crippen molar-refractivity contribution in [2.75, 3.05) is 20.3 Å². The quantitative estimate of drug-likeness (QED) is 0.865. The van der Waals surface area contributed by atoms with Crippen molar-refractivity contribution in [1.82, 2.24) is 19.7 Å². The summed E-state index contributed by atoms with van der Waals surface area (Å²) in [7, 11) is 1.74. The van der Waals surface area contributed by atoms with Gasteiger partial charge in [-0.2, -0.15) is 0 Å². The van der Waals surface area contributed by atoms with Gasteiger partial charge in [-0.3, -0.25) is 4.40 Å². The summed E-state index contributed by atoms with van der Waals surface area (Å²) >= 11 is 0. The zero-order valence-electron chi connectivity index (χ0n) is 12.1. The molecule has 2 aromatic rings. The summed E-state index contributed by atoms with van der Waals surface area (Å²) in [5, 5.41) is 3.53. The van der Waals surface area contributed by atoms with Gasteiger partial charge in [0.2, 0.25) is 5.78 Å². The Labute approximate surface area is 114 Å². The molecular weight excluding hydrogens is 240 g/mol. The third-order valence-corrected chi connectivity index (χ3v) is 3.18. The van der Waals surface area contributed by atoms with Gasteiger partial charge in [0, 0.05) is 37.5 Å². The van der Waals surface area contributed by atoms with Crippen molar-refractivity contribution in [1.29, 1.82) is 0 Å². The summed E-state index contributed by atoms with van der Waals surface area (Å²) in [6, 6.07) is 2.13. The van der Waals surface area contributed by atoms with E-state index >= 15 is 0 Å².